The lowest BCUT2D eigenvalue weighted by molar-refractivity contribution is 0.102. The third-order valence-electron chi connectivity index (χ3n) is 5.91. The van der Waals surface area contributed by atoms with E-state index in [0.717, 1.165) is 22.4 Å². The molecular formula is C28H27N7O. The van der Waals surface area contributed by atoms with E-state index in [4.69, 9.17) is 15.7 Å². The lowest BCUT2D eigenvalue weighted by atomic mass is 10.1. The number of nitrogens with zero attached hydrogens (tertiary/aromatic N) is 5. The van der Waals surface area contributed by atoms with E-state index in [1.807, 2.05) is 99.6 Å². The zero-order chi connectivity index (χ0) is 25.4. The monoisotopic (exact) mass is 477 g/mol. The number of fused-ring (bicyclic) bond motifs is 2. The van der Waals surface area contributed by atoms with Crippen molar-refractivity contribution in [1.82, 2.24) is 14.6 Å². The number of benzene rings is 3. The molecule has 0 aliphatic carbocycles. The summed E-state index contributed by atoms with van der Waals surface area (Å²) in [6, 6.07) is 21.3. The fourth-order valence-electron chi connectivity index (χ4n) is 4.21. The van der Waals surface area contributed by atoms with E-state index in [-0.39, 0.29) is 17.3 Å². The van der Waals surface area contributed by atoms with Crippen LogP contribution in [0, 0.1) is 13.8 Å². The van der Waals surface area contributed by atoms with Crippen molar-refractivity contribution in [2.24, 2.45) is 5.10 Å². The zero-order valence-electron chi connectivity index (χ0n) is 20.6. The van der Waals surface area contributed by atoms with Crippen LogP contribution in [0.3, 0.4) is 0 Å². The molecule has 0 saturated heterocycles. The Labute approximate surface area is 209 Å². The summed E-state index contributed by atoms with van der Waals surface area (Å²) >= 11 is 0. The normalized spacial score (nSPS) is 11.4. The Bertz CT molecular complexity index is 1610. The van der Waals surface area contributed by atoms with Crippen molar-refractivity contribution in [3.05, 3.63) is 89.0 Å². The molecule has 1 amide bonds. The second kappa shape index (κ2) is 9.14. The van der Waals surface area contributed by atoms with Gasteiger partial charge in [0.25, 0.3) is 5.91 Å². The number of nitrogens with one attached hydrogen (secondary N) is 1. The summed E-state index contributed by atoms with van der Waals surface area (Å²) in [6.45, 7) is 3.97. The Morgan fingerprint density at radius 1 is 0.972 bits per heavy atom. The largest absolute Gasteiger partial charge is 0.383 e. The van der Waals surface area contributed by atoms with Crippen LogP contribution in [-0.2, 0) is 0 Å². The number of hydrogen-bond acceptors (Lipinski definition) is 6. The minimum absolute atomic E-state index is 0.170. The maximum atomic E-state index is 13.5. The second-order valence-electron chi connectivity index (χ2n) is 9.02. The summed E-state index contributed by atoms with van der Waals surface area (Å²) in [5.74, 6) is -0.195. The molecule has 3 aromatic carbocycles. The Kier molecular flexibility index (Phi) is 5.85. The van der Waals surface area contributed by atoms with Gasteiger partial charge in [0.1, 0.15) is 16.9 Å². The minimum Gasteiger partial charge on any atom is -0.383 e. The third kappa shape index (κ3) is 4.36. The van der Waals surface area contributed by atoms with Crippen LogP contribution in [0.4, 0.5) is 17.2 Å². The van der Waals surface area contributed by atoms with Crippen LogP contribution in [0.1, 0.15) is 27.0 Å². The van der Waals surface area contributed by atoms with Gasteiger partial charge in [0.15, 0.2) is 5.65 Å². The minimum atomic E-state index is -0.364. The van der Waals surface area contributed by atoms with E-state index >= 15 is 0 Å². The Balaban J connectivity index is 1.62. The highest BCUT2D eigenvalue weighted by molar-refractivity contribution is 6.16. The number of carbonyl (C=O) groups excluding carboxylic acids is 1. The number of rotatable bonds is 5. The fraction of sp³-hybridized carbons (Fsp3) is 0.143. The van der Waals surface area contributed by atoms with Gasteiger partial charge < -0.3 is 16.0 Å². The molecule has 180 valence electrons. The van der Waals surface area contributed by atoms with Crippen molar-refractivity contribution in [2.45, 2.75) is 13.8 Å². The first-order valence-corrected chi connectivity index (χ1v) is 11.6. The van der Waals surface area contributed by atoms with Gasteiger partial charge in [-0.1, -0.05) is 30.3 Å². The number of nitrogens with two attached hydrogens (primary N) is 1. The van der Waals surface area contributed by atoms with Crippen LogP contribution in [0.15, 0.2) is 71.8 Å². The zero-order valence-corrected chi connectivity index (χ0v) is 20.6. The second-order valence-corrected chi connectivity index (χ2v) is 9.02. The SMILES string of the molecule is Cc1cc(C)cc(NC(=O)c2c(N)n(N=Cc3ccc(N(C)C)cc3)c3nc4ccccc4nc23)c1. The molecule has 5 rings (SSSR count). The fourth-order valence-corrected chi connectivity index (χ4v) is 4.21. The maximum Gasteiger partial charge on any atom is 0.261 e. The van der Waals surface area contributed by atoms with E-state index in [0.29, 0.717) is 27.9 Å². The third-order valence-corrected chi connectivity index (χ3v) is 5.91. The highest BCUT2D eigenvalue weighted by atomic mass is 16.1. The Morgan fingerprint density at radius 2 is 1.61 bits per heavy atom. The van der Waals surface area contributed by atoms with E-state index in [2.05, 4.69) is 10.4 Å². The van der Waals surface area contributed by atoms with Gasteiger partial charge in [0, 0.05) is 25.5 Å². The van der Waals surface area contributed by atoms with E-state index in [1.165, 1.54) is 4.68 Å². The number of anilines is 3. The standard InChI is InChI=1S/C28H27N7O/c1-17-13-18(2)15-20(14-17)31-28(36)24-25-27(33-23-8-6-5-7-22(23)32-25)35(26(24)29)30-16-19-9-11-21(12-10-19)34(3)4/h5-16H,29H2,1-4H3,(H,31,36). The molecule has 36 heavy (non-hydrogen) atoms. The van der Waals surface area contributed by atoms with Crippen LogP contribution in [0.2, 0.25) is 0 Å². The number of amides is 1. The molecule has 0 fully saturated rings. The molecule has 5 aromatic rings. The molecular weight excluding hydrogens is 450 g/mol. The molecule has 0 aliphatic heterocycles. The Morgan fingerprint density at radius 3 is 2.25 bits per heavy atom. The van der Waals surface area contributed by atoms with Crippen LogP contribution in [0.25, 0.3) is 22.2 Å². The first kappa shape index (κ1) is 23.0. The summed E-state index contributed by atoms with van der Waals surface area (Å²) in [4.78, 5) is 25.0. The number of hydrogen-bond donors (Lipinski definition) is 2. The summed E-state index contributed by atoms with van der Waals surface area (Å²) in [5.41, 5.74) is 13.7. The van der Waals surface area contributed by atoms with Crippen molar-refractivity contribution in [2.75, 3.05) is 30.0 Å². The molecule has 3 N–H and O–H groups in total. The molecule has 0 aliphatic rings. The molecule has 0 radical (unpaired) electrons. The highest BCUT2D eigenvalue weighted by Gasteiger charge is 2.24. The first-order valence-electron chi connectivity index (χ1n) is 11.6. The number of carbonyl (C=O) groups is 1. The average molecular weight is 478 g/mol. The highest BCUT2D eigenvalue weighted by Crippen LogP contribution is 2.29. The van der Waals surface area contributed by atoms with Gasteiger partial charge in [-0.3, -0.25) is 4.79 Å². The summed E-state index contributed by atoms with van der Waals surface area (Å²) in [7, 11) is 3.98. The molecule has 2 aromatic heterocycles. The molecule has 8 nitrogen and oxygen atoms in total. The molecule has 0 atom stereocenters. The van der Waals surface area contributed by atoms with Gasteiger partial charge in [-0.2, -0.15) is 9.78 Å². The molecule has 2 heterocycles. The molecule has 0 saturated carbocycles. The topological polar surface area (TPSA) is 101 Å². The molecule has 8 heteroatoms. The maximum absolute atomic E-state index is 13.5. The van der Waals surface area contributed by atoms with Crippen LogP contribution in [-0.4, -0.2) is 40.9 Å². The average Bonchev–Trinajstić information content (AvgIpc) is 3.10. The number of aryl methyl sites for hydroxylation is 2. The van der Waals surface area contributed by atoms with Crippen molar-refractivity contribution in [1.29, 1.82) is 0 Å². The van der Waals surface area contributed by atoms with Crippen LogP contribution >= 0.6 is 0 Å². The van der Waals surface area contributed by atoms with Gasteiger partial charge in [0.05, 0.1) is 17.2 Å². The molecule has 0 spiro atoms. The summed E-state index contributed by atoms with van der Waals surface area (Å²) in [5, 5.41) is 7.56. The van der Waals surface area contributed by atoms with Gasteiger partial charge in [0.2, 0.25) is 0 Å². The van der Waals surface area contributed by atoms with E-state index in [9.17, 15) is 4.79 Å². The molecule has 0 unspecified atom stereocenters. The van der Waals surface area contributed by atoms with Crippen molar-refractivity contribution < 1.29 is 4.79 Å². The smallest absolute Gasteiger partial charge is 0.261 e. The van der Waals surface area contributed by atoms with Crippen molar-refractivity contribution in [3.63, 3.8) is 0 Å². The van der Waals surface area contributed by atoms with Gasteiger partial charge in [-0.05, 0) is 66.9 Å². The predicted octanol–water partition coefficient (Wildman–Crippen LogP) is 4.98. The quantitative estimate of drug-likeness (QED) is 0.348. The number of aromatic nitrogens is 3. The van der Waals surface area contributed by atoms with E-state index in [1.54, 1.807) is 6.21 Å². The van der Waals surface area contributed by atoms with Crippen molar-refractivity contribution in [3.8, 4) is 0 Å². The number of para-hydroxylation sites is 2. The number of nitrogen functional groups attached to an aromatic ring is 1. The van der Waals surface area contributed by atoms with Crippen molar-refractivity contribution >= 4 is 51.5 Å². The van der Waals surface area contributed by atoms with E-state index < -0.39 is 0 Å². The van der Waals surface area contributed by atoms with Crippen LogP contribution in [0.5, 0.6) is 0 Å². The lowest BCUT2D eigenvalue weighted by Gasteiger charge is -2.11. The van der Waals surface area contributed by atoms with Gasteiger partial charge in [-0.15, -0.1) is 0 Å². The van der Waals surface area contributed by atoms with Crippen LogP contribution < -0.4 is 16.0 Å². The Hall–Kier alpha value is -4.72. The van der Waals surface area contributed by atoms with Gasteiger partial charge in [-0.25, -0.2) is 9.97 Å². The first-order chi connectivity index (χ1) is 17.3. The summed E-state index contributed by atoms with van der Waals surface area (Å²) < 4.78 is 1.48. The molecule has 0 bridgehead atoms. The lowest BCUT2D eigenvalue weighted by Crippen LogP contribution is -2.14. The van der Waals surface area contributed by atoms with Gasteiger partial charge >= 0.3 is 0 Å². The predicted molar refractivity (Wildman–Crippen MR) is 147 cm³/mol. The summed E-state index contributed by atoms with van der Waals surface area (Å²) in [6.07, 6.45) is 1.69.